The molecule has 0 bridgehead atoms. The van der Waals surface area contributed by atoms with Crippen LogP contribution in [0.25, 0.3) is 11.3 Å². The van der Waals surface area contributed by atoms with Crippen LogP contribution in [0.3, 0.4) is 0 Å². The first-order chi connectivity index (χ1) is 15.9. The highest BCUT2D eigenvalue weighted by Crippen LogP contribution is 2.38. The first-order valence-corrected chi connectivity index (χ1v) is 10.00. The van der Waals surface area contributed by atoms with E-state index in [1.165, 1.54) is 18.2 Å². The van der Waals surface area contributed by atoms with Gasteiger partial charge in [0, 0.05) is 17.7 Å². The number of alkyl halides is 6. The van der Waals surface area contributed by atoms with Gasteiger partial charge in [-0.3, -0.25) is 0 Å². The van der Waals surface area contributed by atoms with Crippen LogP contribution in [0.15, 0.2) is 48.5 Å². The first kappa shape index (κ1) is 25.1. The van der Waals surface area contributed by atoms with Gasteiger partial charge < -0.3 is 15.4 Å². The van der Waals surface area contributed by atoms with Gasteiger partial charge in [0.05, 0.1) is 16.9 Å². The summed E-state index contributed by atoms with van der Waals surface area (Å²) in [6.07, 6.45) is -9.11. The molecule has 0 saturated carbocycles. The Morgan fingerprint density at radius 3 is 2.32 bits per heavy atom. The van der Waals surface area contributed by atoms with E-state index in [9.17, 15) is 30.7 Å². The lowest BCUT2D eigenvalue weighted by Gasteiger charge is -2.17. The van der Waals surface area contributed by atoms with Gasteiger partial charge in [-0.05, 0) is 37.6 Å². The summed E-state index contributed by atoms with van der Waals surface area (Å²) in [5.74, 6) is -1.88. The summed E-state index contributed by atoms with van der Waals surface area (Å²) in [6.45, 7) is 3.67. The minimum absolute atomic E-state index is 0.0126. The molecule has 182 valence electrons. The predicted octanol–water partition coefficient (Wildman–Crippen LogP) is 7.15. The fourth-order valence-electron chi connectivity index (χ4n) is 2.91. The van der Waals surface area contributed by atoms with E-state index in [0.717, 1.165) is 24.3 Å². The Labute approximate surface area is 190 Å². The van der Waals surface area contributed by atoms with Gasteiger partial charge in [0.15, 0.2) is 0 Å². The largest absolute Gasteiger partial charge is 0.573 e. The van der Waals surface area contributed by atoms with Gasteiger partial charge in [0.25, 0.3) is 0 Å². The third kappa shape index (κ3) is 6.49. The summed E-state index contributed by atoms with van der Waals surface area (Å²) in [6, 6.07) is 8.44. The van der Waals surface area contributed by atoms with Gasteiger partial charge in [-0.15, -0.1) is 13.2 Å². The van der Waals surface area contributed by atoms with E-state index >= 15 is 0 Å². The van der Waals surface area contributed by atoms with Crippen molar-refractivity contribution in [1.29, 1.82) is 0 Å². The standard InChI is InChI=1S/C22H19F7N4O/c1-3-12(2)30-20-31-17(13-6-4-7-14(10-13)34-22(27,28)29)11-18(33-20)32-19-15(21(24,25)26)8-5-9-16(19)23/h4-12H,3H2,1-2H3,(H2,30,31,32,33)/t12-/m1/s1. The highest BCUT2D eigenvalue weighted by atomic mass is 19.4. The zero-order valence-corrected chi connectivity index (χ0v) is 17.9. The second kappa shape index (κ2) is 9.74. The minimum Gasteiger partial charge on any atom is -0.406 e. The molecule has 34 heavy (non-hydrogen) atoms. The normalized spacial score (nSPS) is 12.9. The summed E-state index contributed by atoms with van der Waals surface area (Å²) < 4.78 is 96.2. The van der Waals surface area contributed by atoms with Crippen molar-refractivity contribution in [3.05, 3.63) is 59.9 Å². The quantitative estimate of drug-likeness (QED) is 0.346. The molecule has 0 amide bonds. The minimum atomic E-state index is -4.92. The van der Waals surface area contributed by atoms with E-state index in [1.54, 1.807) is 6.92 Å². The smallest absolute Gasteiger partial charge is 0.406 e. The van der Waals surface area contributed by atoms with Crippen molar-refractivity contribution in [2.24, 2.45) is 0 Å². The molecule has 2 N–H and O–H groups in total. The molecule has 0 saturated heterocycles. The third-order valence-electron chi connectivity index (χ3n) is 4.65. The Kier molecular flexibility index (Phi) is 7.18. The van der Waals surface area contributed by atoms with Crippen molar-refractivity contribution >= 4 is 17.5 Å². The second-order valence-corrected chi connectivity index (χ2v) is 7.28. The number of aromatic nitrogens is 2. The SMILES string of the molecule is CC[C@@H](C)Nc1nc(Nc2c(F)cccc2C(F)(F)F)cc(-c2cccc(OC(F)(F)F)c2)n1. The molecule has 3 aromatic rings. The second-order valence-electron chi connectivity index (χ2n) is 7.28. The van der Waals surface area contributed by atoms with Crippen molar-refractivity contribution < 1.29 is 35.5 Å². The lowest BCUT2D eigenvalue weighted by atomic mass is 10.1. The van der Waals surface area contributed by atoms with E-state index in [-0.39, 0.29) is 29.1 Å². The van der Waals surface area contributed by atoms with Crippen LogP contribution in [0, 0.1) is 5.82 Å². The fourth-order valence-corrected chi connectivity index (χ4v) is 2.91. The number of benzene rings is 2. The molecular formula is C22H19F7N4O. The van der Waals surface area contributed by atoms with E-state index in [2.05, 4.69) is 25.3 Å². The molecule has 0 spiro atoms. The van der Waals surface area contributed by atoms with E-state index in [4.69, 9.17) is 0 Å². The fraction of sp³-hybridized carbons (Fsp3) is 0.273. The van der Waals surface area contributed by atoms with Gasteiger partial charge in [-0.2, -0.15) is 18.2 Å². The van der Waals surface area contributed by atoms with Gasteiger partial charge in [-0.1, -0.05) is 25.1 Å². The van der Waals surface area contributed by atoms with Crippen LogP contribution in [-0.2, 0) is 6.18 Å². The number of hydrogen-bond acceptors (Lipinski definition) is 5. The van der Waals surface area contributed by atoms with Crippen LogP contribution >= 0.6 is 0 Å². The highest BCUT2D eigenvalue weighted by Gasteiger charge is 2.35. The molecule has 1 heterocycles. The topological polar surface area (TPSA) is 59.1 Å². The number of rotatable bonds is 7. The molecule has 1 aromatic heterocycles. The monoisotopic (exact) mass is 488 g/mol. The average molecular weight is 488 g/mol. The maximum absolute atomic E-state index is 14.3. The lowest BCUT2D eigenvalue weighted by Crippen LogP contribution is -2.17. The summed E-state index contributed by atoms with van der Waals surface area (Å²) in [7, 11) is 0. The molecule has 5 nitrogen and oxygen atoms in total. The number of hydrogen-bond donors (Lipinski definition) is 2. The van der Waals surface area contributed by atoms with E-state index in [1.807, 2.05) is 6.92 Å². The van der Waals surface area contributed by atoms with Crippen LogP contribution in [0.5, 0.6) is 5.75 Å². The van der Waals surface area contributed by atoms with Crippen molar-refractivity contribution in [2.75, 3.05) is 10.6 Å². The van der Waals surface area contributed by atoms with Crippen LogP contribution in [0.2, 0.25) is 0 Å². The van der Waals surface area contributed by atoms with Crippen LogP contribution in [0.4, 0.5) is 48.2 Å². The lowest BCUT2D eigenvalue weighted by molar-refractivity contribution is -0.274. The van der Waals surface area contributed by atoms with Gasteiger partial charge in [0.2, 0.25) is 5.95 Å². The Hall–Kier alpha value is -3.57. The Morgan fingerprint density at radius 2 is 1.68 bits per heavy atom. The number of halogens is 7. The summed E-state index contributed by atoms with van der Waals surface area (Å²) >= 11 is 0. The van der Waals surface area contributed by atoms with Crippen LogP contribution in [0.1, 0.15) is 25.8 Å². The van der Waals surface area contributed by atoms with Gasteiger partial charge >= 0.3 is 12.5 Å². The number of nitrogens with zero attached hydrogens (tertiary/aromatic N) is 2. The zero-order chi connectivity index (χ0) is 25.1. The Morgan fingerprint density at radius 1 is 0.971 bits per heavy atom. The molecule has 0 aliphatic carbocycles. The molecule has 3 rings (SSSR count). The van der Waals surface area contributed by atoms with E-state index in [0.29, 0.717) is 12.5 Å². The summed E-state index contributed by atoms with van der Waals surface area (Å²) in [5.41, 5.74) is -1.85. The summed E-state index contributed by atoms with van der Waals surface area (Å²) in [5, 5.41) is 5.30. The van der Waals surface area contributed by atoms with E-state index < -0.39 is 35.4 Å². The Bertz CT molecular complexity index is 1150. The maximum atomic E-state index is 14.3. The number of ether oxygens (including phenoxy) is 1. The van der Waals surface area contributed by atoms with Crippen LogP contribution < -0.4 is 15.4 Å². The molecule has 0 unspecified atom stereocenters. The molecule has 12 heteroatoms. The number of nitrogens with one attached hydrogen (secondary N) is 2. The Balaban J connectivity index is 2.08. The molecule has 0 aliphatic rings. The maximum Gasteiger partial charge on any atom is 0.573 e. The average Bonchev–Trinajstić information content (AvgIpc) is 2.73. The molecule has 0 aliphatic heterocycles. The molecule has 1 atom stereocenters. The van der Waals surface area contributed by atoms with Crippen molar-refractivity contribution in [2.45, 2.75) is 38.8 Å². The highest BCUT2D eigenvalue weighted by molar-refractivity contribution is 5.70. The number of para-hydroxylation sites is 1. The van der Waals surface area contributed by atoms with Crippen molar-refractivity contribution in [1.82, 2.24) is 9.97 Å². The van der Waals surface area contributed by atoms with Crippen molar-refractivity contribution in [3.63, 3.8) is 0 Å². The van der Waals surface area contributed by atoms with Crippen LogP contribution in [-0.4, -0.2) is 22.4 Å². The first-order valence-electron chi connectivity index (χ1n) is 10.00. The van der Waals surface area contributed by atoms with Crippen molar-refractivity contribution in [3.8, 4) is 17.0 Å². The molecular weight excluding hydrogens is 469 g/mol. The molecule has 2 aromatic carbocycles. The molecule has 0 fully saturated rings. The van der Waals surface area contributed by atoms with Gasteiger partial charge in [0.1, 0.15) is 17.4 Å². The predicted molar refractivity (Wildman–Crippen MR) is 112 cm³/mol. The zero-order valence-electron chi connectivity index (χ0n) is 17.9. The number of anilines is 3. The third-order valence-corrected chi connectivity index (χ3v) is 4.65. The van der Waals surface area contributed by atoms with Gasteiger partial charge in [-0.25, -0.2) is 9.37 Å². The molecule has 0 radical (unpaired) electrons. The summed E-state index contributed by atoms with van der Waals surface area (Å²) in [4.78, 5) is 8.36.